The van der Waals surface area contributed by atoms with E-state index in [4.69, 9.17) is 0 Å². The number of aryl methyl sites for hydroxylation is 1. The zero-order valence-electron chi connectivity index (χ0n) is 11.4. The van der Waals surface area contributed by atoms with Gasteiger partial charge >= 0.3 is 5.69 Å². The molecular formula is C12H17N3O4. The molecule has 0 heterocycles. The normalized spacial score (nSPS) is 10.6. The summed E-state index contributed by atoms with van der Waals surface area (Å²) in [5.41, 5.74) is 0.622. The molecule has 0 aliphatic heterocycles. The molecule has 0 atom stereocenters. The van der Waals surface area contributed by atoms with Gasteiger partial charge in [-0.1, -0.05) is 6.92 Å². The molecule has 0 fully saturated rings. The second-order valence-corrected chi connectivity index (χ2v) is 4.57. The zero-order chi connectivity index (χ0) is 14.7. The lowest BCUT2D eigenvalue weighted by Crippen LogP contribution is -2.14. The van der Waals surface area contributed by atoms with E-state index in [2.05, 4.69) is 5.32 Å². The van der Waals surface area contributed by atoms with Gasteiger partial charge in [-0.3, -0.25) is 20.2 Å². The summed E-state index contributed by atoms with van der Waals surface area (Å²) in [5, 5.41) is 25.1. The molecule has 7 heteroatoms. The first-order valence-corrected chi connectivity index (χ1v) is 6.01. The molecule has 0 saturated heterocycles. The highest BCUT2D eigenvalue weighted by Gasteiger charge is 2.30. The Balaban J connectivity index is 3.67. The van der Waals surface area contributed by atoms with Crippen LogP contribution in [0.3, 0.4) is 0 Å². The first-order chi connectivity index (χ1) is 8.79. The van der Waals surface area contributed by atoms with Gasteiger partial charge in [0.25, 0.3) is 5.69 Å². The van der Waals surface area contributed by atoms with E-state index in [-0.39, 0.29) is 23.1 Å². The molecule has 7 nitrogen and oxygen atoms in total. The second kappa shape index (κ2) is 5.64. The van der Waals surface area contributed by atoms with Gasteiger partial charge in [-0.2, -0.15) is 0 Å². The smallest absolute Gasteiger partial charge is 0.302 e. The van der Waals surface area contributed by atoms with Crippen LogP contribution >= 0.6 is 0 Å². The Kier molecular flexibility index (Phi) is 4.42. The van der Waals surface area contributed by atoms with Gasteiger partial charge < -0.3 is 5.32 Å². The van der Waals surface area contributed by atoms with E-state index < -0.39 is 9.85 Å². The summed E-state index contributed by atoms with van der Waals surface area (Å²) in [6.07, 6.45) is 0.509. The van der Waals surface area contributed by atoms with Gasteiger partial charge in [0.15, 0.2) is 5.69 Å². The number of nitrogens with zero attached hydrogens (tertiary/aromatic N) is 2. The first-order valence-electron chi connectivity index (χ1n) is 6.01. The summed E-state index contributed by atoms with van der Waals surface area (Å²) >= 11 is 0. The van der Waals surface area contributed by atoms with Crippen LogP contribution in [0.1, 0.15) is 31.9 Å². The first kappa shape index (κ1) is 14.9. The van der Waals surface area contributed by atoms with Crippen LogP contribution in [-0.4, -0.2) is 15.9 Å². The van der Waals surface area contributed by atoms with Gasteiger partial charge in [0.1, 0.15) is 0 Å². The van der Waals surface area contributed by atoms with Crippen molar-refractivity contribution in [3.8, 4) is 0 Å². The van der Waals surface area contributed by atoms with Crippen molar-refractivity contribution in [3.05, 3.63) is 37.4 Å². The van der Waals surface area contributed by atoms with Crippen molar-refractivity contribution in [1.29, 1.82) is 0 Å². The van der Waals surface area contributed by atoms with E-state index in [1.807, 2.05) is 6.92 Å². The summed E-state index contributed by atoms with van der Waals surface area (Å²) in [6, 6.07) is 1.27. The van der Waals surface area contributed by atoms with Crippen molar-refractivity contribution in [2.45, 2.75) is 40.2 Å². The van der Waals surface area contributed by atoms with Crippen LogP contribution in [0, 0.1) is 27.2 Å². The van der Waals surface area contributed by atoms with Gasteiger partial charge in [0, 0.05) is 17.7 Å². The molecule has 0 radical (unpaired) electrons. The lowest BCUT2D eigenvalue weighted by atomic mass is 10.0. The average Bonchev–Trinajstić information content (AvgIpc) is 2.27. The van der Waals surface area contributed by atoms with Crippen molar-refractivity contribution < 1.29 is 9.85 Å². The number of benzene rings is 1. The Labute approximate surface area is 110 Å². The minimum absolute atomic E-state index is 0.0142. The molecule has 0 unspecified atom stereocenters. The number of nitro benzene ring substituents is 2. The molecule has 1 rings (SSSR count). The SMILES string of the molecule is CCc1cc([N+](=O)[O-])c(NC(C)C)c([N+](=O)[O-])c1C. The van der Waals surface area contributed by atoms with Crippen LogP contribution in [0.25, 0.3) is 0 Å². The highest BCUT2D eigenvalue weighted by molar-refractivity contribution is 5.78. The molecule has 19 heavy (non-hydrogen) atoms. The molecule has 1 aromatic rings. The molecule has 0 bridgehead atoms. The van der Waals surface area contributed by atoms with Crippen LogP contribution < -0.4 is 5.32 Å². The van der Waals surface area contributed by atoms with Gasteiger partial charge in [-0.05, 0) is 32.8 Å². The van der Waals surface area contributed by atoms with Crippen LogP contribution in [-0.2, 0) is 6.42 Å². The molecule has 0 aliphatic carbocycles. The molecule has 0 amide bonds. The minimum Gasteiger partial charge on any atom is -0.372 e. The number of nitrogens with one attached hydrogen (secondary N) is 1. The monoisotopic (exact) mass is 267 g/mol. The Morgan fingerprint density at radius 2 is 1.84 bits per heavy atom. The third-order valence-corrected chi connectivity index (χ3v) is 2.83. The van der Waals surface area contributed by atoms with E-state index in [1.165, 1.54) is 6.07 Å². The van der Waals surface area contributed by atoms with E-state index >= 15 is 0 Å². The van der Waals surface area contributed by atoms with Crippen molar-refractivity contribution in [2.24, 2.45) is 0 Å². The Morgan fingerprint density at radius 3 is 2.21 bits per heavy atom. The number of nitro groups is 2. The van der Waals surface area contributed by atoms with Crippen molar-refractivity contribution in [3.63, 3.8) is 0 Å². The van der Waals surface area contributed by atoms with Gasteiger partial charge in [-0.15, -0.1) is 0 Å². The van der Waals surface area contributed by atoms with Crippen LogP contribution in [0.2, 0.25) is 0 Å². The maximum absolute atomic E-state index is 11.2. The summed E-state index contributed by atoms with van der Waals surface area (Å²) in [4.78, 5) is 21.2. The third kappa shape index (κ3) is 2.98. The second-order valence-electron chi connectivity index (χ2n) is 4.57. The number of hydrogen-bond acceptors (Lipinski definition) is 5. The van der Waals surface area contributed by atoms with Crippen LogP contribution in [0.15, 0.2) is 6.07 Å². The highest BCUT2D eigenvalue weighted by atomic mass is 16.6. The molecule has 0 aliphatic rings. The summed E-state index contributed by atoms with van der Waals surface area (Å²) < 4.78 is 0. The fourth-order valence-electron chi connectivity index (χ4n) is 1.98. The van der Waals surface area contributed by atoms with Gasteiger partial charge in [-0.25, -0.2) is 0 Å². The fraction of sp³-hybridized carbons (Fsp3) is 0.500. The van der Waals surface area contributed by atoms with E-state index in [0.29, 0.717) is 17.5 Å². The molecule has 1 aromatic carbocycles. The van der Waals surface area contributed by atoms with Gasteiger partial charge in [0.05, 0.1) is 9.85 Å². The predicted molar refractivity (Wildman–Crippen MR) is 72.6 cm³/mol. The largest absolute Gasteiger partial charge is 0.372 e. The number of anilines is 1. The quantitative estimate of drug-likeness (QED) is 0.652. The van der Waals surface area contributed by atoms with Crippen LogP contribution in [0.4, 0.5) is 17.1 Å². The van der Waals surface area contributed by atoms with Crippen molar-refractivity contribution in [1.82, 2.24) is 0 Å². The molecule has 0 saturated carbocycles. The van der Waals surface area contributed by atoms with E-state index in [0.717, 1.165) is 0 Å². The van der Waals surface area contributed by atoms with Crippen molar-refractivity contribution >= 4 is 17.1 Å². The Morgan fingerprint density at radius 1 is 1.26 bits per heavy atom. The highest BCUT2D eigenvalue weighted by Crippen LogP contribution is 2.39. The third-order valence-electron chi connectivity index (χ3n) is 2.83. The number of hydrogen-bond donors (Lipinski definition) is 1. The number of rotatable bonds is 5. The Bertz CT molecular complexity index is 526. The van der Waals surface area contributed by atoms with Gasteiger partial charge in [0.2, 0.25) is 0 Å². The summed E-state index contributed by atoms with van der Waals surface area (Å²) in [6.45, 7) is 6.98. The summed E-state index contributed by atoms with van der Waals surface area (Å²) in [5.74, 6) is 0. The van der Waals surface area contributed by atoms with Crippen LogP contribution in [0.5, 0.6) is 0 Å². The van der Waals surface area contributed by atoms with Crippen molar-refractivity contribution in [2.75, 3.05) is 5.32 Å². The predicted octanol–water partition coefficient (Wildman–Crippen LogP) is 3.19. The fourth-order valence-corrected chi connectivity index (χ4v) is 1.98. The van der Waals surface area contributed by atoms with E-state index in [1.54, 1.807) is 20.8 Å². The molecule has 0 aromatic heterocycles. The summed E-state index contributed by atoms with van der Waals surface area (Å²) in [7, 11) is 0. The molecule has 0 spiro atoms. The molecule has 1 N–H and O–H groups in total. The maximum Gasteiger partial charge on any atom is 0.302 e. The molecule has 104 valence electrons. The average molecular weight is 267 g/mol. The topological polar surface area (TPSA) is 98.3 Å². The lowest BCUT2D eigenvalue weighted by Gasteiger charge is -2.14. The lowest BCUT2D eigenvalue weighted by molar-refractivity contribution is -0.392. The standard InChI is InChI=1S/C12H17N3O4/c1-5-9-6-10(14(16)17)11(13-7(2)3)12(8(9)4)15(18)19/h6-7,13H,5H2,1-4H3. The molecular weight excluding hydrogens is 250 g/mol. The van der Waals surface area contributed by atoms with E-state index in [9.17, 15) is 20.2 Å². The Hall–Kier alpha value is -2.18. The minimum atomic E-state index is -0.587. The zero-order valence-corrected chi connectivity index (χ0v) is 11.4. The maximum atomic E-state index is 11.2.